The quantitative estimate of drug-likeness (QED) is 0.648. The van der Waals surface area contributed by atoms with Crippen molar-refractivity contribution in [1.82, 2.24) is 4.90 Å². The molecule has 2 atom stereocenters. The van der Waals surface area contributed by atoms with Gasteiger partial charge in [-0.2, -0.15) is 0 Å². The fraction of sp³-hybridized carbons (Fsp3) is 0.909. The summed E-state index contributed by atoms with van der Waals surface area (Å²) in [6.45, 7) is 8.57. The Bertz CT molecular complexity index is 194. The maximum absolute atomic E-state index is 11.5. The Morgan fingerprint density at radius 1 is 1.64 bits per heavy atom. The van der Waals surface area contributed by atoms with Crippen LogP contribution in [0.3, 0.4) is 0 Å². The van der Waals surface area contributed by atoms with Gasteiger partial charge in [0.2, 0.25) is 0 Å². The van der Waals surface area contributed by atoms with E-state index in [4.69, 9.17) is 4.74 Å². The minimum atomic E-state index is -0.0819. The zero-order chi connectivity index (χ0) is 10.6. The zero-order valence-corrected chi connectivity index (χ0v) is 9.45. The first-order chi connectivity index (χ1) is 6.65. The van der Waals surface area contributed by atoms with Crippen molar-refractivity contribution in [2.45, 2.75) is 39.7 Å². The van der Waals surface area contributed by atoms with Crippen LogP contribution in [-0.2, 0) is 9.53 Å². The molecule has 0 aliphatic carbocycles. The van der Waals surface area contributed by atoms with E-state index in [9.17, 15) is 4.79 Å². The molecule has 1 aliphatic rings. The van der Waals surface area contributed by atoms with Gasteiger partial charge in [0.05, 0.1) is 6.61 Å². The highest BCUT2D eigenvalue weighted by molar-refractivity contribution is 5.75. The lowest BCUT2D eigenvalue weighted by molar-refractivity contribution is -0.149. The molecule has 0 aromatic heterocycles. The molecule has 0 saturated carbocycles. The van der Waals surface area contributed by atoms with Gasteiger partial charge >= 0.3 is 5.97 Å². The molecule has 3 heteroatoms. The number of carbonyl (C=O) groups is 1. The fourth-order valence-corrected chi connectivity index (χ4v) is 1.99. The molecular formula is C11H21NO2. The van der Waals surface area contributed by atoms with Gasteiger partial charge in [-0.25, -0.2) is 0 Å². The maximum Gasteiger partial charge on any atom is 0.323 e. The second kappa shape index (κ2) is 5.35. The third kappa shape index (κ3) is 2.98. The Balaban J connectivity index is 2.42. The molecule has 82 valence electrons. The molecule has 0 bridgehead atoms. The number of hydrogen-bond donors (Lipinski definition) is 0. The van der Waals surface area contributed by atoms with Gasteiger partial charge in [0.15, 0.2) is 0 Å². The van der Waals surface area contributed by atoms with Crippen LogP contribution < -0.4 is 0 Å². The molecule has 0 aromatic carbocycles. The van der Waals surface area contributed by atoms with Crippen molar-refractivity contribution < 1.29 is 9.53 Å². The first kappa shape index (κ1) is 11.5. The second-order valence-electron chi connectivity index (χ2n) is 4.17. The van der Waals surface area contributed by atoms with Crippen molar-refractivity contribution in [3.8, 4) is 0 Å². The third-order valence-corrected chi connectivity index (χ3v) is 2.86. The summed E-state index contributed by atoms with van der Waals surface area (Å²) in [5.41, 5.74) is 0. The number of nitrogens with zero attached hydrogens (tertiary/aromatic N) is 1. The Morgan fingerprint density at radius 2 is 2.36 bits per heavy atom. The average Bonchev–Trinajstić information content (AvgIpc) is 2.17. The molecule has 14 heavy (non-hydrogen) atoms. The monoisotopic (exact) mass is 199 g/mol. The first-order valence-electron chi connectivity index (χ1n) is 5.55. The number of hydrogen-bond acceptors (Lipinski definition) is 3. The van der Waals surface area contributed by atoms with Gasteiger partial charge in [-0.3, -0.25) is 9.69 Å². The van der Waals surface area contributed by atoms with E-state index in [0.29, 0.717) is 12.5 Å². The smallest absolute Gasteiger partial charge is 0.323 e. The van der Waals surface area contributed by atoms with E-state index in [1.165, 1.54) is 12.8 Å². The predicted molar refractivity (Wildman–Crippen MR) is 56.1 cm³/mol. The van der Waals surface area contributed by atoms with Crippen LogP contribution in [0.1, 0.15) is 33.6 Å². The second-order valence-corrected chi connectivity index (χ2v) is 4.17. The van der Waals surface area contributed by atoms with Crippen molar-refractivity contribution in [3.63, 3.8) is 0 Å². The molecule has 1 heterocycles. The van der Waals surface area contributed by atoms with Crippen LogP contribution in [0.5, 0.6) is 0 Å². The molecule has 1 rings (SSSR count). The van der Waals surface area contributed by atoms with Crippen LogP contribution in [0, 0.1) is 5.92 Å². The molecule has 1 fully saturated rings. The van der Waals surface area contributed by atoms with Crippen molar-refractivity contribution >= 4 is 5.97 Å². The van der Waals surface area contributed by atoms with E-state index >= 15 is 0 Å². The van der Waals surface area contributed by atoms with Gasteiger partial charge in [-0.15, -0.1) is 0 Å². The molecule has 0 aromatic rings. The predicted octanol–water partition coefficient (Wildman–Crippen LogP) is 1.67. The van der Waals surface area contributed by atoms with Crippen molar-refractivity contribution in [2.24, 2.45) is 5.92 Å². The van der Waals surface area contributed by atoms with Gasteiger partial charge in [0, 0.05) is 6.54 Å². The minimum absolute atomic E-state index is 0.0716. The number of carbonyl (C=O) groups excluding carboxylic acids is 1. The van der Waals surface area contributed by atoms with Gasteiger partial charge < -0.3 is 4.74 Å². The number of esters is 1. The third-order valence-electron chi connectivity index (χ3n) is 2.86. The number of piperidine rings is 1. The lowest BCUT2D eigenvalue weighted by atomic mass is 9.99. The topological polar surface area (TPSA) is 29.5 Å². The molecular weight excluding hydrogens is 178 g/mol. The van der Waals surface area contributed by atoms with Crippen LogP contribution in [0.15, 0.2) is 0 Å². The number of ether oxygens (including phenoxy) is 1. The Kier molecular flexibility index (Phi) is 4.39. The van der Waals surface area contributed by atoms with E-state index in [1.807, 2.05) is 13.8 Å². The molecule has 1 saturated heterocycles. The van der Waals surface area contributed by atoms with Crippen LogP contribution in [-0.4, -0.2) is 36.6 Å². The molecule has 0 spiro atoms. The minimum Gasteiger partial charge on any atom is -0.465 e. The molecule has 1 aliphatic heterocycles. The average molecular weight is 199 g/mol. The number of rotatable bonds is 3. The number of likely N-dealkylation sites (tertiary alicyclic amines) is 1. The fourth-order valence-electron chi connectivity index (χ4n) is 1.99. The van der Waals surface area contributed by atoms with E-state index in [-0.39, 0.29) is 12.0 Å². The Morgan fingerprint density at radius 3 is 2.93 bits per heavy atom. The van der Waals surface area contributed by atoms with Crippen molar-refractivity contribution in [1.29, 1.82) is 0 Å². The van der Waals surface area contributed by atoms with Crippen molar-refractivity contribution in [3.05, 3.63) is 0 Å². The highest BCUT2D eigenvalue weighted by atomic mass is 16.5. The summed E-state index contributed by atoms with van der Waals surface area (Å²) < 4.78 is 5.01. The molecule has 0 amide bonds. The first-order valence-corrected chi connectivity index (χ1v) is 5.55. The highest BCUT2D eigenvalue weighted by Gasteiger charge is 2.26. The van der Waals surface area contributed by atoms with E-state index < -0.39 is 0 Å². The SMILES string of the molecule is CCOC(=O)[C@@H](C)N1CCC[C@@H](C)C1. The van der Waals surface area contributed by atoms with Crippen molar-refractivity contribution in [2.75, 3.05) is 19.7 Å². The summed E-state index contributed by atoms with van der Waals surface area (Å²) in [7, 11) is 0. The summed E-state index contributed by atoms with van der Waals surface area (Å²) in [4.78, 5) is 13.7. The lowest BCUT2D eigenvalue weighted by Crippen LogP contribution is -2.45. The summed E-state index contributed by atoms with van der Waals surface area (Å²) >= 11 is 0. The largest absolute Gasteiger partial charge is 0.465 e. The molecule has 0 unspecified atom stereocenters. The highest BCUT2D eigenvalue weighted by Crippen LogP contribution is 2.17. The van der Waals surface area contributed by atoms with Gasteiger partial charge in [0.25, 0.3) is 0 Å². The van der Waals surface area contributed by atoms with Gasteiger partial charge in [-0.1, -0.05) is 6.92 Å². The lowest BCUT2D eigenvalue weighted by Gasteiger charge is -2.34. The van der Waals surface area contributed by atoms with E-state index in [2.05, 4.69) is 11.8 Å². The Labute approximate surface area is 86.4 Å². The Hall–Kier alpha value is -0.570. The normalized spacial score (nSPS) is 25.8. The summed E-state index contributed by atoms with van der Waals surface area (Å²) in [6.07, 6.45) is 2.48. The van der Waals surface area contributed by atoms with Crippen LogP contribution in [0.25, 0.3) is 0 Å². The zero-order valence-electron chi connectivity index (χ0n) is 9.45. The van der Waals surface area contributed by atoms with E-state index in [1.54, 1.807) is 0 Å². The summed E-state index contributed by atoms with van der Waals surface area (Å²) in [6, 6.07) is -0.0716. The summed E-state index contributed by atoms with van der Waals surface area (Å²) in [5, 5.41) is 0. The van der Waals surface area contributed by atoms with Gasteiger partial charge in [-0.05, 0) is 39.2 Å². The molecule has 0 N–H and O–H groups in total. The van der Waals surface area contributed by atoms with Crippen LogP contribution >= 0.6 is 0 Å². The molecule has 3 nitrogen and oxygen atoms in total. The van der Waals surface area contributed by atoms with E-state index in [0.717, 1.165) is 13.1 Å². The van der Waals surface area contributed by atoms with Crippen LogP contribution in [0.4, 0.5) is 0 Å². The van der Waals surface area contributed by atoms with Gasteiger partial charge in [0.1, 0.15) is 6.04 Å². The van der Waals surface area contributed by atoms with Crippen LogP contribution in [0.2, 0.25) is 0 Å². The molecule has 0 radical (unpaired) electrons. The maximum atomic E-state index is 11.5. The standard InChI is InChI=1S/C11H21NO2/c1-4-14-11(13)10(3)12-7-5-6-9(2)8-12/h9-10H,4-8H2,1-3H3/t9-,10-/m1/s1. The summed E-state index contributed by atoms with van der Waals surface area (Å²) in [5.74, 6) is 0.627.